The minimum absolute atomic E-state index is 0.0701. The summed E-state index contributed by atoms with van der Waals surface area (Å²) in [5.74, 6) is -1.62. The molecule has 1 aliphatic rings. The number of nitrogens with zero attached hydrogens (tertiary/aromatic N) is 4. The highest BCUT2D eigenvalue weighted by Gasteiger charge is 2.51. The lowest BCUT2D eigenvalue weighted by Gasteiger charge is -2.35. The molecule has 1 aliphatic heterocycles. The fourth-order valence-corrected chi connectivity index (χ4v) is 3.77. The maximum atomic E-state index is 12.3. The molecule has 0 atom stereocenters. The molecule has 0 unspecified atom stereocenters. The van der Waals surface area contributed by atoms with Crippen LogP contribution in [-0.2, 0) is 24.5 Å². The van der Waals surface area contributed by atoms with Crippen molar-refractivity contribution in [3.05, 3.63) is 57.1 Å². The number of fused-ring (bicyclic) bond motifs is 1. The van der Waals surface area contributed by atoms with Gasteiger partial charge in [-0.05, 0) is 19.1 Å². The second-order valence-corrected chi connectivity index (χ2v) is 6.99. The zero-order valence-corrected chi connectivity index (χ0v) is 17.4. The normalized spacial score (nSPS) is 14.1. The van der Waals surface area contributed by atoms with Gasteiger partial charge >= 0.3 is 11.9 Å². The van der Waals surface area contributed by atoms with E-state index >= 15 is 0 Å². The molecule has 2 N–H and O–H groups in total. The highest BCUT2D eigenvalue weighted by atomic mass is 16.6. The standard InChI is InChI=1S/C20H19N5O7/c1-11-17-19(24(23-11)12-4-6-13(7-5-12)25(28)29)32-18(22)14(10-21)20(17,8-15(26)30-2)9-16(27)31-3/h4-7H,8-9,22H2,1-3H3. The number of hydrogen-bond acceptors (Lipinski definition) is 10. The van der Waals surface area contributed by atoms with Crippen molar-refractivity contribution in [3.8, 4) is 17.6 Å². The molecule has 3 rings (SSSR count). The van der Waals surface area contributed by atoms with Gasteiger partial charge in [-0.25, -0.2) is 4.68 Å². The number of allylic oxidation sites excluding steroid dienone is 1. The summed E-state index contributed by atoms with van der Waals surface area (Å²) in [5, 5.41) is 25.2. The van der Waals surface area contributed by atoms with Crippen LogP contribution in [-0.4, -0.2) is 40.9 Å². The topological polar surface area (TPSA) is 173 Å². The van der Waals surface area contributed by atoms with E-state index in [2.05, 4.69) is 5.10 Å². The van der Waals surface area contributed by atoms with Crippen LogP contribution in [0.15, 0.2) is 35.7 Å². The van der Waals surface area contributed by atoms with Crippen molar-refractivity contribution in [3.63, 3.8) is 0 Å². The number of carbonyl (C=O) groups is 2. The number of nitro groups is 1. The first-order chi connectivity index (χ1) is 15.2. The predicted molar refractivity (Wildman–Crippen MR) is 107 cm³/mol. The van der Waals surface area contributed by atoms with E-state index < -0.39 is 35.1 Å². The second kappa shape index (κ2) is 8.38. The van der Waals surface area contributed by atoms with Crippen LogP contribution in [0.5, 0.6) is 5.88 Å². The number of non-ortho nitro benzene ring substituents is 1. The molecular formula is C20H19N5O7. The van der Waals surface area contributed by atoms with E-state index in [0.29, 0.717) is 11.4 Å². The summed E-state index contributed by atoms with van der Waals surface area (Å²) in [5.41, 5.74) is 5.28. The van der Waals surface area contributed by atoms with Gasteiger partial charge in [-0.1, -0.05) is 0 Å². The van der Waals surface area contributed by atoms with Crippen molar-refractivity contribution in [2.24, 2.45) is 5.73 Å². The predicted octanol–water partition coefficient (Wildman–Crippen LogP) is 1.54. The molecule has 0 saturated carbocycles. The average molecular weight is 441 g/mol. The van der Waals surface area contributed by atoms with Crippen LogP contribution < -0.4 is 10.5 Å². The molecule has 32 heavy (non-hydrogen) atoms. The first-order valence-electron chi connectivity index (χ1n) is 9.25. The number of methoxy groups -OCH3 is 2. The minimum atomic E-state index is -1.55. The highest BCUT2D eigenvalue weighted by Crippen LogP contribution is 2.50. The Morgan fingerprint density at radius 1 is 1.25 bits per heavy atom. The summed E-state index contributed by atoms with van der Waals surface area (Å²) in [7, 11) is 2.36. The smallest absolute Gasteiger partial charge is 0.306 e. The third kappa shape index (κ3) is 3.60. The first kappa shape index (κ1) is 22.3. The number of nitriles is 1. The number of hydrogen-bond donors (Lipinski definition) is 1. The van der Waals surface area contributed by atoms with Gasteiger partial charge in [0.05, 0.1) is 54.3 Å². The van der Waals surface area contributed by atoms with Crippen molar-refractivity contribution in [1.82, 2.24) is 9.78 Å². The van der Waals surface area contributed by atoms with Gasteiger partial charge in [0.1, 0.15) is 11.6 Å². The largest absolute Gasteiger partial charge is 0.469 e. The van der Waals surface area contributed by atoms with E-state index in [1.165, 1.54) is 43.2 Å². The van der Waals surface area contributed by atoms with Crippen molar-refractivity contribution in [2.75, 3.05) is 14.2 Å². The lowest BCUT2D eigenvalue weighted by atomic mass is 9.68. The highest BCUT2D eigenvalue weighted by molar-refractivity contribution is 5.80. The van der Waals surface area contributed by atoms with Crippen LogP contribution in [0.3, 0.4) is 0 Å². The van der Waals surface area contributed by atoms with Gasteiger partial charge < -0.3 is 19.9 Å². The zero-order valence-electron chi connectivity index (χ0n) is 17.4. The Kier molecular flexibility index (Phi) is 5.84. The van der Waals surface area contributed by atoms with E-state index in [9.17, 15) is 25.0 Å². The average Bonchev–Trinajstić information content (AvgIpc) is 3.10. The number of aromatic nitrogens is 2. The van der Waals surface area contributed by atoms with Crippen LogP contribution in [0.4, 0.5) is 5.69 Å². The maximum Gasteiger partial charge on any atom is 0.306 e. The van der Waals surface area contributed by atoms with Crippen molar-refractivity contribution < 1.29 is 28.7 Å². The Bertz CT molecular complexity index is 1160. The summed E-state index contributed by atoms with van der Waals surface area (Å²) in [6.07, 6.45) is -0.795. The second-order valence-electron chi connectivity index (χ2n) is 6.99. The molecule has 0 bridgehead atoms. The Hall–Kier alpha value is -4.40. The third-order valence-electron chi connectivity index (χ3n) is 5.19. The van der Waals surface area contributed by atoms with Gasteiger partial charge in [-0.15, -0.1) is 0 Å². The summed E-state index contributed by atoms with van der Waals surface area (Å²) < 4.78 is 16.6. The van der Waals surface area contributed by atoms with Crippen LogP contribution in [0.25, 0.3) is 5.69 Å². The molecule has 0 fully saturated rings. The van der Waals surface area contributed by atoms with E-state index in [0.717, 1.165) is 0 Å². The molecule has 0 spiro atoms. The van der Waals surface area contributed by atoms with E-state index in [4.69, 9.17) is 19.9 Å². The Morgan fingerprint density at radius 3 is 2.28 bits per heavy atom. The van der Waals surface area contributed by atoms with Gasteiger partial charge in [0.25, 0.3) is 5.69 Å². The quantitative estimate of drug-likeness (QED) is 0.393. The fourth-order valence-electron chi connectivity index (χ4n) is 3.77. The summed E-state index contributed by atoms with van der Waals surface area (Å²) in [4.78, 5) is 35.1. The number of ether oxygens (including phenoxy) is 3. The molecular weight excluding hydrogens is 422 g/mol. The number of esters is 2. The number of rotatable bonds is 6. The Labute approximate surface area is 181 Å². The van der Waals surface area contributed by atoms with Crippen LogP contribution in [0.2, 0.25) is 0 Å². The molecule has 2 aromatic rings. The van der Waals surface area contributed by atoms with Gasteiger partial charge in [0.2, 0.25) is 11.8 Å². The van der Waals surface area contributed by atoms with E-state index in [1.807, 2.05) is 6.07 Å². The number of aryl methyl sites for hydroxylation is 1. The number of benzene rings is 1. The molecule has 1 aromatic carbocycles. The number of nitro benzene ring substituents is 1. The van der Waals surface area contributed by atoms with E-state index in [1.54, 1.807) is 6.92 Å². The number of carbonyl (C=O) groups excluding carboxylic acids is 2. The van der Waals surface area contributed by atoms with Gasteiger partial charge in [0.15, 0.2) is 0 Å². The summed E-state index contributed by atoms with van der Waals surface area (Å²) >= 11 is 0. The Balaban J connectivity index is 2.28. The molecule has 166 valence electrons. The maximum absolute atomic E-state index is 12.3. The lowest BCUT2D eigenvalue weighted by molar-refractivity contribution is -0.384. The SMILES string of the molecule is COC(=O)CC1(CC(=O)OC)C(C#N)=C(N)Oc2c1c(C)nn2-c1ccc([N+](=O)[O-])cc1. The molecule has 0 saturated heterocycles. The molecule has 0 amide bonds. The third-order valence-corrected chi connectivity index (χ3v) is 5.19. The molecule has 1 aromatic heterocycles. The molecule has 2 heterocycles. The summed E-state index contributed by atoms with van der Waals surface area (Å²) in [6.45, 7) is 1.61. The van der Waals surface area contributed by atoms with Gasteiger partial charge in [-0.3, -0.25) is 19.7 Å². The van der Waals surface area contributed by atoms with Crippen LogP contribution in [0.1, 0.15) is 24.1 Å². The molecule has 0 aliphatic carbocycles. The van der Waals surface area contributed by atoms with Crippen molar-refractivity contribution in [1.29, 1.82) is 5.26 Å². The van der Waals surface area contributed by atoms with Crippen LogP contribution in [0, 0.1) is 28.4 Å². The Morgan fingerprint density at radius 2 is 1.81 bits per heavy atom. The monoisotopic (exact) mass is 441 g/mol. The first-order valence-corrected chi connectivity index (χ1v) is 9.25. The zero-order chi connectivity index (χ0) is 23.6. The van der Waals surface area contributed by atoms with Gasteiger partial charge in [0, 0.05) is 12.1 Å². The number of nitrogens with two attached hydrogens (primary N) is 1. The van der Waals surface area contributed by atoms with E-state index in [-0.39, 0.29) is 28.6 Å². The van der Waals surface area contributed by atoms with Crippen LogP contribution >= 0.6 is 0 Å². The summed E-state index contributed by atoms with van der Waals surface area (Å²) in [6, 6.07) is 7.43. The molecule has 12 heteroatoms. The van der Waals surface area contributed by atoms with Crippen molar-refractivity contribution in [2.45, 2.75) is 25.2 Å². The minimum Gasteiger partial charge on any atom is -0.469 e. The fraction of sp³-hybridized carbons (Fsp3) is 0.300. The molecule has 0 radical (unpaired) electrons. The van der Waals surface area contributed by atoms with Gasteiger partial charge in [-0.2, -0.15) is 10.4 Å². The molecule has 12 nitrogen and oxygen atoms in total. The lowest BCUT2D eigenvalue weighted by Crippen LogP contribution is -2.40. The van der Waals surface area contributed by atoms with Crippen molar-refractivity contribution >= 4 is 17.6 Å².